The Morgan fingerprint density at radius 1 is 1.30 bits per heavy atom. The van der Waals surface area contributed by atoms with Gasteiger partial charge in [-0.1, -0.05) is 32.1 Å². The highest BCUT2D eigenvalue weighted by Gasteiger charge is 2.54. The minimum atomic E-state index is 0.0983. The van der Waals surface area contributed by atoms with E-state index in [9.17, 15) is 9.90 Å². The van der Waals surface area contributed by atoms with E-state index in [4.69, 9.17) is 0 Å². The molecule has 0 amide bonds. The fourth-order valence-electron chi connectivity index (χ4n) is 3.32. The summed E-state index contributed by atoms with van der Waals surface area (Å²) < 4.78 is 0.678. The number of hydrogen-bond acceptors (Lipinski definition) is 2. The normalized spacial score (nSPS) is 27.4. The first-order valence-corrected chi connectivity index (χ1v) is 7.61. The average molecular weight is 333 g/mol. The number of phenolic OH excluding ortho intramolecular Hbond substituents is 1. The summed E-state index contributed by atoms with van der Waals surface area (Å²) in [4.78, 5) is 12.0. The molecule has 0 spiro atoms. The molecule has 3 heteroatoms. The first kappa shape index (κ1) is 13.6. The molecule has 1 aromatic rings. The van der Waals surface area contributed by atoms with E-state index in [-0.39, 0.29) is 22.9 Å². The number of halogens is 1. The van der Waals surface area contributed by atoms with Gasteiger partial charge in [0.15, 0.2) is 5.78 Å². The molecule has 3 aliphatic rings. The molecule has 2 nitrogen and oxygen atoms in total. The van der Waals surface area contributed by atoms with E-state index in [1.165, 1.54) is 0 Å². The molecule has 1 saturated carbocycles. The van der Waals surface area contributed by atoms with Crippen LogP contribution in [0.2, 0.25) is 0 Å². The van der Waals surface area contributed by atoms with Crippen LogP contribution in [-0.2, 0) is 4.79 Å². The second-order valence-corrected chi connectivity index (χ2v) is 7.11. The monoisotopic (exact) mass is 332 g/mol. The molecule has 3 aliphatic carbocycles. The van der Waals surface area contributed by atoms with Crippen LogP contribution in [0.3, 0.4) is 0 Å². The number of benzene rings is 1. The van der Waals surface area contributed by atoms with Crippen LogP contribution in [0, 0.1) is 17.3 Å². The minimum Gasteiger partial charge on any atom is -0.507 e. The second kappa shape index (κ2) is 4.59. The smallest absolute Gasteiger partial charge is 0.159 e. The Labute approximate surface area is 127 Å². The molecule has 0 heterocycles. The van der Waals surface area contributed by atoms with Crippen LogP contribution in [0.25, 0.3) is 6.08 Å². The number of ketones is 1. The van der Waals surface area contributed by atoms with Gasteiger partial charge in [0, 0.05) is 5.92 Å². The van der Waals surface area contributed by atoms with Crippen molar-refractivity contribution in [2.45, 2.75) is 20.3 Å². The SMILES string of the molecule is CC1(C)[C@@H]2C[C@H]1C(=O)C=C2/C=C/c1ccc(O)c(Br)c1. The molecule has 0 saturated heterocycles. The summed E-state index contributed by atoms with van der Waals surface area (Å²) in [5.41, 5.74) is 2.23. The average Bonchev–Trinajstić information content (AvgIpc) is 2.39. The number of aromatic hydroxyl groups is 1. The van der Waals surface area contributed by atoms with Gasteiger partial charge >= 0.3 is 0 Å². The van der Waals surface area contributed by atoms with Gasteiger partial charge in [0.25, 0.3) is 0 Å². The molecule has 0 unspecified atom stereocenters. The fourth-order valence-corrected chi connectivity index (χ4v) is 3.72. The van der Waals surface area contributed by atoms with Crippen molar-refractivity contribution >= 4 is 27.8 Å². The summed E-state index contributed by atoms with van der Waals surface area (Å²) in [6.45, 7) is 4.36. The zero-order valence-corrected chi connectivity index (χ0v) is 13.1. The van der Waals surface area contributed by atoms with Crippen LogP contribution >= 0.6 is 15.9 Å². The van der Waals surface area contributed by atoms with Crippen molar-refractivity contribution in [2.75, 3.05) is 0 Å². The molecular formula is C17H17BrO2. The predicted octanol–water partition coefficient (Wildman–Crippen LogP) is 4.34. The highest BCUT2D eigenvalue weighted by atomic mass is 79.9. The zero-order chi connectivity index (χ0) is 14.5. The molecule has 2 atom stereocenters. The zero-order valence-electron chi connectivity index (χ0n) is 11.6. The molecule has 0 aliphatic heterocycles. The molecule has 1 aromatic carbocycles. The van der Waals surface area contributed by atoms with Gasteiger partial charge in [-0.15, -0.1) is 0 Å². The van der Waals surface area contributed by atoms with E-state index in [1.54, 1.807) is 12.1 Å². The van der Waals surface area contributed by atoms with E-state index in [0.717, 1.165) is 17.6 Å². The van der Waals surface area contributed by atoms with E-state index in [1.807, 2.05) is 24.3 Å². The highest BCUT2D eigenvalue weighted by molar-refractivity contribution is 9.10. The Kier molecular flexibility index (Phi) is 3.13. The number of hydrogen-bond donors (Lipinski definition) is 1. The van der Waals surface area contributed by atoms with Gasteiger partial charge in [0.1, 0.15) is 5.75 Å². The number of rotatable bonds is 2. The molecule has 0 aromatic heterocycles. The van der Waals surface area contributed by atoms with Crippen LogP contribution in [0.15, 0.2) is 40.4 Å². The van der Waals surface area contributed by atoms with Crippen LogP contribution < -0.4 is 0 Å². The molecule has 0 radical (unpaired) electrons. The lowest BCUT2D eigenvalue weighted by atomic mass is 9.48. The van der Waals surface area contributed by atoms with Crippen molar-refractivity contribution in [3.05, 3.63) is 46.0 Å². The summed E-state index contributed by atoms with van der Waals surface area (Å²) in [6.07, 6.45) is 6.83. The van der Waals surface area contributed by atoms with E-state index >= 15 is 0 Å². The first-order valence-electron chi connectivity index (χ1n) is 6.81. The summed E-state index contributed by atoms with van der Waals surface area (Å²) in [5, 5.41) is 9.49. The molecule has 104 valence electrons. The van der Waals surface area contributed by atoms with Crippen molar-refractivity contribution in [1.29, 1.82) is 0 Å². The molecule has 4 rings (SSSR count). The Bertz CT molecular complexity index is 640. The number of carbonyl (C=O) groups is 1. The Morgan fingerprint density at radius 3 is 2.65 bits per heavy atom. The van der Waals surface area contributed by atoms with E-state index < -0.39 is 0 Å². The summed E-state index contributed by atoms with van der Waals surface area (Å²) in [7, 11) is 0. The van der Waals surface area contributed by atoms with E-state index in [0.29, 0.717) is 10.4 Å². The topological polar surface area (TPSA) is 37.3 Å². The molecule has 1 N–H and O–H groups in total. The fraction of sp³-hybridized carbons (Fsp3) is 0.353. The van der Waals surface area contributed by atoms with Crippen molar-refractivity contribution in [3.8, 4) is 5.75 Å². The van der Waals surface area contributed by atoms with Crippen LogP contribution in [-0.4, -0.2) is 10.9 Å². The van der Waals surface area contributed by atoms with Crippen molar-refractivity contribution in [2.24, 2.45) is 17.3 Å². The number of carbonyl (C=O) groups excluding carboxylic acids is 1. The maximum absolute atomic E-state index is 12.0. The van der Waals surface area contributed by atoms with Gasteiger partial charge in [0.05, 0.1) is 4.47 Å². The van der Waals surface area contributed by atoms with Gasteiger partial charge in [-0.2, -0.15) is 0 Å². The summed E-state index contributed by atoms with van der Waals surface area (Å²) in [6, 6.07) is 5.38. The Hall–Kier alpha value is -1.35. The maximum Gasteiger partial charge on any atom is 0.159 e. The number of phenols is 1. The number of fused-ring (bicyclic) bond motifs is 1. The lowest BCUT2D eigenvalue weighted by Crippen LogP contribution is -2.52. The van der Waals surface area contributed by atoms with Gasteiger partial charge in [-0.25, -0.2) is 0 Å². The van der Waals surface area contributed by atoms with Gasteiger partial charge in [-0.3, -0.25) is 4.79 Å². The minimum absolute atomic E-state index is 0.0983. The Balaban J connectivity index is 1.86. The molecule has 2 bridgehead atoms. The van der Waals surface area contributed by atoms with Gasteiger partial charge in [0.2, 0.25) is 0 Å². The van der Waals surface area contributed by atoms with Crippen molar-refractivity contribution in [3.63, 3.8) is 0 Å². The third-order valence-electron chi connectivity index (χ3n) is 4.76. The standard InChI is InChI=1S/C17H17BrO2/c1-17(2)12-9-13(17)16(20)8-11(12)5-3-10-4-6-15(19)14(18)7-10/h3-8,12-13,19H,9H2,1-2H3/b5-3+/t12-,13+/m1/s1. The predicted molar refractivity (Wildman–Crippen MR) is 83.3 cm³/mol. The molecular weight excluding hydrogens is 316 g/mol. The summed E-state index contributed by atoms with van der Waals surface area (Å²) >= 11 is 3.31. The lowest BCUT2D eigenvalue weighted by molar-refractivity contribution is -0.133. The highest BCUT2D eigenvalue weighted by Crippen LogP contribution is 2.58. The second-order valence-electron chi connectivity index (χ2n) is 6.25. The van der Waals surface area contributed by atoms with E-state index in [2.05, 4.69) is 29.8 Å². The van der Waals surface area contributed by atoms with Crippen molar-refractivity contribution in [1.82, 2.24) is 0 Å². The van der Waals surface area contributed by atoms with Gasteiger partial charge in [-0.05, 0) is 63.0 Å². The lowest BCUT2D eigenvalue weighted by Gasteiger charge is -2.54. The largest absolute Gasteiger partial charge is 0.507 e. The third kappa shape index (κ3) is 2.05. The van der Waals surface area contributed by atoms with Gasteiger partial charge < -0.3 is 5.11 Å². The van der Waals surface area contributed by atoms with Crippen molar-refractivity contribution < 1.29 is 9.90 Å². The third-order valence-corrected chi connectivity index (χ3v) is 5.40. The molecule has 20 heavy (non-hydrogen) atoms. The molecule has 1 fully saturated rings. The maximum atomic E-state index is 12.0. The number of allylic oxidation sites excluding steroid dienone is 3. The first-order chi connectivity index (χ1) is 9.39. The van der Waals surface area contributed by atoms with Crippen LogP contribution in [0.1, 0.15) is 25.8 Å². The quantitative estimate of drug-likeness (QED) is 0.874. The van der Waals surface area contributed by atoms with Crippen LogP contribution in [0.5, 0.6) is 5.75 Å². The summed E-state index contributed by atoms with van der Waals surface area (Å²) in [5.74, 6) is 1.20. The van der Waals surface area contributed by atoms with Crippen LogP contribution in [0.4, 0.5) is 0 Å². The Morgan fingerprint density at radius 2 is 2.05 bits per heavy atom.